The Morgan fingerprint density at radius 3 is 2.78 bits per heavy atom. The summed E-state index contributed by atoms with van der Waals surface area (Å²) in [5.74, 6) is 1.41. The van der Waals surface area contributed by atoms with E-state index in [0.29, 0.717) is 17.9 Å². The molecule has 0 unspecified atom stereocenters. The van der Waals surface area contributed by atoms with E-state index >= 15 is 0 Å². The fourth-order valence-electron chi connectivity index (χ4n) is 2.64. The summed E-state index contributed by atoms with van der Waals surface area (Å²) >= 11 is 0. The van der Waals surface area contributed by atoms with Gasteiger partial charge in [0, 0.05) is 27.3 Å². The van der Waals surface area contributed by atoms with Crippen LogP contribution in [0.5, 0.6) is 0 Å². The largest absolute Gasteiger partial charge is 0.355 e. The van der Waals surface area contributed by atoms with Crippen LogP contribution in [-0.4, -0.2) is 34.5 Å². The second kappa shape index (κ2) is 6.08. The molecule has 23 heavy (non-hydrogen) atoms. The van der Waals surface area contributed by atoms with Gasteiger partial charge in [-0.3, -0.25) is 4.79 Å². The summed E-state index contributed by atoms with van der Waals surface area (Å²) in [5, 5.41) is 2.65. The summed E-state index contributed by atoms with van der Waals surface area (Å²) < 4.78 is 2.06. The lowest BCUT2D eigenvalue weighted by molar-refractivity contribution is 0.0963. The fourth-order valence-corrected chi connectivity index (χ4v) is 2.64. The maximum Gasteiger partial charge on any atom is 0.254 e. The molecule has 2 heterocycles. The summed E-state index contributed by atoms with van der Waals surface area (Å²) in [5.41, 5.74) is 2.60. The van der Waals surface area contributed by atoms with Crippen LogP contribution in [0.2, 0.25) is 0 Å². The Balaban J connectivity index is 1.94. The van der Waals surface area contributed by atoms with Gasteiger partial charge in [-0.1, -0.05) is 12.1 Å². The van der Waals surface area contributed by atoms with Crippen LogP contribution in [0.4, 0.5) is 5.82 Å². The third-order valence-corrected chi connectivity index (χ3v) is 3.88. The van der Waals surface area contributed by atoms with Gasteiger partial charge in [0.1, 0.15) is 11.6 Å². The predicted molar refractivity (Wildman–Crippen MR) is 90.4 cm³/mol. The van der Waals surface area contributed by atoms with Crippen LogP contribution >= 0.6 is 0 Å². The average Bonchev–Trinajstić information content (AvgIpc) is 2.90. The molecular formula is C17H19N5O. The summed E-state index contributed by atoms with van der Waals surface area (Å²) in [6.45, 7) is 0.562. The van der Waals surface area contributed by atoms with Gasteiger partial charge in [-0.05, 0) is 24.3 Å². The number of imidazole rings is 1. The Bertz CT molecular complexity index is 855. The van der Waals surface area contributed by atoms with E-state index in [4.69, 9.17) is 0 Å². The number of hydrogen-bond donors (Lipinski definition) is 1. The van der Waals surface area contributed by atoms with Crippen molar-refractivity contribution in [2.75, 3.05) is 19.0 Å². The van der Waals surface area contributed by atoms with E-state index in [1.807, 2.05) is 43.3 Å². The van der Waals surface area contributed by atoms with Crippen molar-refractivity contribution in [2.45, 2.75) is 6.54 Å². The molecule has 0 aliphatic rings. The highest BCUT2D eigenvalue weighted by atomic mass is 16.1. The predicted octanol–water partition coefficient (Wildman–Crippen LogP) is 1.96. The van der Waals surface area contributed by atoms with Crippen LogP contribution in [0.15, 0.2) is 42.6 Å². The molecule has 0 bridgehead atoms. The quantitative estimate of drug-likeness (QED) is 0.800. The van der Waals surface area contributed by atoms with Crippen LogP contribution < -0.4 is 10.2 Å². The van der Waals surface area contributed by atoms with Gasteiger partial charge in [-0.25, -0.2) is 9.97 Å². The lowest BCUT2D eigenvalue weighted by Crippen LogP contribution is -2.26. The summed E-state index contributed by atoms with van der Waals surface area (Å²) in [4.78, 5) is 23.0. The number of anilines is 1. The Morgan fingerprint density at radius 2 is 2.04 bits per heavy atom. The van der Waals surface area contributed by atoms with Gasteiger partial charge in [0.05, 0.1) is 23.1 Å². The van der Waals surface area contributed by atoms with Gasteiger partial charge in [0.2, 0.25) is 0 Å². The number of pyridine rings is 1. The Labute approximate surface area is 134 Å². The molecular weight excluding hydrogens is 290 g/mol. The molecule has 0 spiro atoms. The molecule has 0 aliphatic carbocycles. The third-order valence-electron chi connectivity index (χ3n) is 3.88. The minimum absolute atomic E-state index is 0.148. The minimum Gasteiger partial charge on any atom is -0.355 e. The number of hydrogen-bond acceptors (Lipinski definition) is 4. The van der Waals surface area contributed by atoms with Gasteiger partial charge < -0.3 is 14.8 Å². The van der Waals surface area contributed by atoms with Crippen LogP contribution in [0, 0.1) is 0 Å². The van der Waals surface area contributed by atoms with Gasteiger partial charge in [-0.2, -0.15) is 0 Å². The van der Waals surface area contributed by atoms with Gasteiger partial charge in [-0.15, -0.1) is 0 Å². The van der Waals surface area contributed by atoms with E-state index in [2.05, 4.69) is 19.9 Å². The molecule has 1 N–H and O–H groups in total. The van der Waals surface area contributed by atoms with Crippen LogP contribution in [-0.2, 0) is 13.6 Å². The zero-order valence-corrected chi connectivity index (χ0v) is 13.4. The van der Waals surface area contributed by atoms with E-state index in [9.17, 15) is 4.79 Å². The van der Waals surface area contributed by atoms with E-state index in [1.165, 1.54) is 0 Å². The number of para-hydroxylation sites is 2. The maximum atomic E-state index is 12.0. The molecule has 1 amide bonds. The molecule has 0 saturated heterocycles. The van der Waals surface area contributed by atoms with E-state index < -0.39 is 0 Å². The molecule has 0 radical (unpaired) electrons. The van der Waals surface area contributed by atoms with Crippen LogP contribution in [0.3, 0.4) is 0 Å². The zero-order valence-electron chi connectivity index (χ0n) is 13.4. The smallest absolute Gasteiger partial charge is 0.254 e. The topological polar surface area (TPSA) is 63.1 Å². The summed E-state index contributed by atoms with van der Waals surface area (Å²) in [6, 6.07) is 11.5. The Morgan fingerprint density at radius 1 is 1.26 bits per heavy atom. The first kappa shape index (κ1) is 15.0. The first-order valence-corrected chi connectivity index (χ1v) is 7.40. The maximum absolute atomic E-state index is 12.0. The second-order valence-corrected chi connectivity index (χ2v) is 5.39. The van der Waals surface area contributed by atoms with Gasteiger partial charge in [0.15, 0.2) is 0 Å². The van der Waals surface area contributed by atoms with Crippen molar-refractivity contribution < 1.29 is 4.79 Å². The molecule has 0 aliphatic heterocycles. The standard InChI is InChI=1S/C17H19N5O/c1-18-17(23)12-7-6-10-19-16(12)21(2)11-15-20-13-8-4-5-9-14(13)22(15)3/h4-10H,11H2,1-3H3,(H,18,23). The molecule has 3 aromatic rings. The van der Waals surface area contributed by atoms with E-state index in [0.717, 1.165) is 16.9 Å². The number of benzene rings is 1. The van der Waals surface area contributed by atoms with Crippen molar-refractivity contribution in [3.8, 4) is 0 Å². The molecule has 0 saturated carbocycles. The Kier molecular flexibility index (Phi) is 3.97. The molecule has 2 aromatic heterocycles. The molecule has 6 nitrogen and oxygen atoms in total. The highest BCUT2D eigenvalue weighted by Gasteiger charge is 2.16. The molecule has 0 atom stereocenters. The van der Waals surface area contributed by atoms with Gasteiger partial charge in [0.25, 0.3) is 5.91 Å². The minimum atomic E-state index is -0.148. The SMILES string of the molecule is CNC(=O)c1cccnc1N(C)Cc1nc2ccccc2n1C. The van der Waals surface area contributed by atoms with Crippen LogP contribution in [0.25, 0.3) is 11.0 Å². The molecule has 3 rings (SSSR count). The highest BCUT2D eigenvalue weighted by molar-refractivity contribution is 5.98. The molecule has 0 fully saturated rings. The first-order chi connectivity index (χ1) is 11.1. The van der Waals surface area contributed by atoms with Crippen molar-refractivity contribution in [3.05, 3.63) is 54.0 Å². The number of amides is 1. The third kappa shape index (κ3) is 2.75. The number of carbonyl (C=O) groups is 1. The van der Waals surface area contributed by atoms with Crippen molar-refractivity contribution in [1.82, 2.24) is 19.9 Å². The lowest BCUT2D eigenvalue weighted by Gasteiger charge is -2.20. The molecule has 118 valence electrons. The highest BCUT2D eigenvalue weighted by Crippen LogP contribution is 2.20. The van der Waals surface area contributed by atoms with Crippen molar-refractivity contribution in [1.29, 1.82) is 0 Å². The number of fused-ring (bicyclic) bond motifs is 1. The van der Waals surface area contributed by atoms with E-state index in [-0.39, 0.29) is 5.91 Å². The summed E-state index contributed by atoms with van der Waals surface area (Å²) in [7, 11) is 5.52. The number of rotatable bonds is 4. The Hall–Kier alpha value is -2.89. The number of nitrogens with one attached hydrogen (secondary N) is 1. The zero-order chi connectivity index (χ0) is 16.4. The van der Waals surface area contributed by atoms with E-state index in [1.54, 1.807) is 25.4 Å². The monoisotopic (exact) mass is 309 g/mol. The van der Waals surface area contributed by atoms with Crippen molar-refractivity contribution >= 4 is 22.8 Å². The van der Waals surface area contributed by atoms with Crippen molar-refractivity contribution in [3.63, 3.8) is 0 Å². The fraction of sp³-hybridized carbons (Fsp3) is 0.235. The number of nitrogens with zero attached hydrogens (tertiary/aromatic N) is 4. The number of carbonyl (C=O) groups excluding carboxylic acids is 1. The average molecular weight is 309 g/mol. The first-order valence-electron chi connectivity index (χ1n) is 7.40. The second-order valence-electron chi connectivity index (χ2n) is 5.39. The van der Waals surface area contributed by atoms with Gasteiger partial charge >= 0.3 is 0 Å². The van der Waals surface area contributed by atoms with Crippen LogP contribution in [0.1, 0.15) is 16.2 Å². The number of aryl methyl sites for hydroxylation is 1. The van der Waals surface area contributed by atoms with Crippen molar-refractivity contribution in [2.24, 2.45) is 7.05 Å². The normalized spacial score (nSPS) is 10.7. The lowest BCUT2D eigenvalue weighted by atomic mass is 10.2. The molecule has 6 heteroatoms. The number of aromatic nitrogens is 3. The molecule has 1 aromatic carbocycles. The summed E-state index contributed by atoms with van der Waals surface area (Å²) in [6.07, 6.45) is 1.69.